The number of hydrogen-bond donors (Lipinski definition) is 1. The lowest BCUT2D eigenvalue weighted by atomic mass is 9.75. The first-order chi connectivity index (χ1) is 9.87. The van der Waals surface area contributed by atoms with Gasteiger partial charge in [0, 0.05) is 23.2 Å². The second-order valence-corrected chi connectivity index (χ2v) is 8.62. The molecular formula is C19H33N2O+. The third-order valence-electron chi connectivity index (χ3n) is 4.20. The fraction of sp³-hybridized carbons (Fsp3) is 0.632. The molecule has 0 unspecified atom stereocenters. The summed E-state index contributed by atoms with van der Waals surface area (Å²) in [5.74, 6) is 0.0828. The molecule has 124 valence electrons. The molecule has 3 nitrogen and oxygen atoms in total. The van der Waals surface area contributed by atoms with Crippen molar-refractivity contribution in [1.29, 1.82) is 0 Å². The van der Waals surface area contributed by atoms with Gasteiger partial charge in [-0.15, -0.1) is 0 Å². The highest BCUT2D eigenvalue weighted by molar-refractivity contribution is 5.94. The van der Waals surface area contributed by atoms with Crippen LogP contribution in [-0.2, 0) is 4.79 Å². The van der Waals surface area contributed by atoms with Gasteiger partial charge in [-0.2, -0.15) is 0 Å². The number of rotatable bonds is 5. The summed E-state index contributed by atoms with van der Waals surface area (Å²) >= 11 is 0. The molecule has 0 aromatic heterocycles. The third kappa shape index (κ3) is 5.13. The average molecular weight is 305 g/mol. The van der Waals surface area contributed by atoms with E-state index in [-0.39, 0.29) is 16.7 Å². The molecule has 0 spiro atoms. The predicted molar refractivity (Wildman–Crippen MR) is 97.1 cm³/mol. The van der Waals surface area contributed by atoms with Crippen LogP contribution in [0.2, 0.25) is 0 Å². The summed E-state index contributed by atoms with van der Waals surface area (Å²) < 4.78 is 0.837. The lowest BCUT2D eigenvalue weighted by Gasteiger charge is -2.31. The number of benzene rings is 1. The molecule has 0 saturated heterocycles. The molecule has 0 aliphatic carbocycles. The van der Waals surface area contributed by atoms with E-state index < -0.39 is 0 Å². The number of carbonyl (C=O) groups is 1. The molecule has 0 heterocycles. The minimum Gasteiger partial charge on any atom is -0.326 e. The molecule has 0 aliphatic heterocycles. The molecule has 3 heteroatoms. The van der Waals surface area contributed by atoms with Crippen LogP contribution in [0.3, 0.4) is 0 Å². The van der Waals surface area contributed by atoms with Gasteiger partial charge in [-0.05, 0) is 30.9 Å². The number of amides is 1. The van der Waals surface area contributed by atoms with Gasteiger partial charge in [-0.1, -0.05) is 34.6 Å². The number of anilines is 1. The zero-order valence-electron chi connectivity index (χ0n) is 15.6. The van der Waals surface area contributed by atoms with Crippen molar-refractivity contribution < 1.29 is 4.79 Å². The summed E-state index contributed by atoms with van der Waals surface area (Å²) in [5, 5.41) is 3.06. The van der Waals surface area contributed by atoms with Crippen LogP contribution in [0.25, 0.3) is 0 Å². The van der Waals surface area contributed by atoms with E-state index >= 15 is 0 Å². The van der Waals surface area contributed by atoms with Gasteiger partial charge in [0.2, 0.25) is 5.91 Å². The molecule has 0 saturated carbocycles. The number of hydrogen-bond acceptors (Lipinski definition) is 1. The Labute approximate surface area is 136 Å². The van der Waals surface area contributed by atoms with E-state index in [4.69, 9.17) is 0 Å². The summed E-state index contributed by atoms with van der Waals surface area (Å²) in [6.07, 6.45) is 0.851. The molecule has 1 aromatic rings. The van der Waals surface area contributed by atoms with Crippen LogP contribution in [0.5, 0.6) is 0 Å². The molecule has 0 atom stereocenters. The molecule has 1 aromatic carbocycles. The highest BCUT2D eigenvalue weighted by Gasteiger charge is 2.32. The van der Waals surface area contributed by atoms with E-state index in [0.29, 0.717) is 0 Å². The number of nitrogens with zero attached hydrogens (tertiary/aromatic N) is 1. The molecule has 0 radical (unpaired) electrons. The van der Waals surface area contributed by atoms with Gasteiger partial charge in [-0.25, -0.2) is 0 Å². The quantitative estimate of drug-likeness (QED) is 0.787. The fourth-order valence-electron chi connectivity index (χ4n) is 2.84. The summed E-state index contributed by atoms with van der Waals surface area (Å²) in [6.45, 7) is 13.7. The molecule has 1 amide bonds. The van der Waals surface area contributed by atoms with Crippen molar-refractivity contribution >= 4 is 17.3 Å². The summed E-state index contributed by atoms with van der Waals surface area (Å²) in [4.78, 5) is 12.5. The Hall–Kier alpha value is -1.35. The molecule has 1 N–H and O–H groups in total. The van der Waals surface area contributed by atoms with Crippen molar-refractivity contribution in [2.24, 2.45) is 10.8 Å². The lowest BCUT2D eigenvalue weighted by Crippen LogP contribution is -2.39. The van der Waals surface area contributed by atoms with E-state index in [0.717, 1.165) is 23.1 Å². The van der Waals surface area contributed by atoms with Crippen LogP contribution in [0.1, 0.15) is 48.0 Å². The Kier molecular flexibility index (Phi) is 5.45. The molecule has 22 heavy (non-hydrogen) atoms. The first kappa shape index (κ1) is 18.7. The molecular weight excluding hydrogens is 272 g/mol. The standard InChI is InChI=1S/C19H32N2O/c1-9-21(7,8)16-12-10-15(11-13-16)20-17(22)19(5,6)14-18(2,3)4/h10-13H,9,14H2,1-8H3/p+1. The van der Waals surface area contributed by atoms with Crippen molar-refractivity contribution in [1.82, 2.24) is 4.48 Å². The maximum atomic E-state index is 12.5. The van der Waals surface area contributed by atoms with E-state index in [1.54, 1.807) is 0 Å². The maximum Gasteiger partial charge on any atom is 0.230 e. The highest BCUT2D eigenvalue weighted by atomic mass is 16.2. The molecule has 0 fully saturated rings. The number of carbonyl (C=O) groups excluding carboxylic acids is 1. The van der Waals surface area contributed by atoms with Crippen molar-refractivity contribution in [3.05, 3.63) is 24.3 Å². The monoisotopic (exact) mass is 305 g/mol. The van der Waals surface area contributed by atoms with Crippen LogP contribution < -0.4 is 9.80 Å². The maximum absolute atomic E-state index is 12.5. The zero-order chi connectivity index (χ0) is 17.2. The van der Waals surface area contributed by atoms with Crippen molar-refractivity contribution in [2.75, 3.05) is 26.0 Å². The van der Waals surface area contributed by atoms with Gasteiger partial charge < -0.3 is 5.32 Å². The minimum absolute atomic E-state index is 0.0828. The van der Waals surface area contributed by atoms with Gasteiger partial charge in [0.25, 0.3) is 0 Å². The topological polar surface area (TPSA) is 29.1 Å². The Morgan fingerprint density at radius 3 is 1.95 bits per heavy atom. The van der Waals surface area contributed by atoms with Gasteiger partial charge in [0.05, 0.1) is 20.6 Å². The highest BCUT2D eigenvalue weighted by Crippen LogP contribution is 2.34. The Bertz CT molecular complexity index is 507. The lowest BCUT2D eigenvalue weighted by molar-refractivity contribution is -0.125. The third-order valence-corrected chi connectivity index (χ3v) is 4.20. The van der Waals surface area contributed by atoms with Crippen molar-refractivity contribution in [2.45, 2.75) is 48.0 Å². The van der Waals surface area contributed by atoms with Crippen LogP contribution in [0.15, 0.2) is 24.3 Å². The largest absolute Gasteiger partial charge is 0.326 e. The van der Waals surface area contributed by atoms with Crippen LogP contribution >= 0.6 is 0 Å². The van der Waals surface area contributed by atoms with Crippen molar-refractivity contribution in [3.8, 4) is 0 Å². The number of quaternary nitrogens is 1. The Morgan fingerprint density at radius 1 is 1.05 bits per heavy atom. The molecule has 1 rings (SSSR count). The Morgan fingerprint density at radius 2 is 1.55 bits per heavy atom. The van der Waals surface area contributed by atoms with E-state index in [2.05, 4.69) is 59.2 Å². The van der Waals surface area contributed by atoms with E-state index in [1.165, 1.54) is 5.69 Å². The van der Waals surface area contributed by atoms with Gasteiger partial charge >= 0.3 is 0 Å². The molecule has 0 bridgehead atoms. The first-order valence-corrected chi connectivity index (χ1v) is 8.12. The second-order valence-electron chi connectivity index (χ2n) is 8.62. The average Bonchev–Trinajstić information content (AvgIpc) is 2.36. The van der Waals surface area contributed by atoms with Gasteiger partial charge in [0.1, 0.15) is 5.69 Å². The van der Waals surface area contributed by atoms with Crippen LogP contribution in [-0.4, -0.2) is 26.5 Å². The van der Waals surface area contributed by atoms with E-state index in [1.807, 2.05) is 26.0 Å². The first-order valence-electron chi connectivity index (χ1n) is 8.12. The van der Waals surface area contributed by atoms with Gasteiger partial charge in [-0.3, -0.25) is 9.28 Å². The van der Waals surface area contributed by atoms with E-state index in [9.17, 15) is 4.79 Å². The second kappa shape index (κ2) is 6.41. The number of nitrogens with one attached hydrogen (secondary N) is 1. The van der Waals surface area contributed by atoms with Crippen LogP contribution in [0, 0.1) is 10.8 Å². The smallest absolute Gasteiger partial charge is 0.230 e. The SMILES string of the molecule is CC[N+](C)(C)c1ccc(NC(=O)C(C)(C)CC(C)(C)C)cc1. The normalized spacial score (nSPS) is 13.1. The fourth-order valence-corrected chi connectivity index (χ4v) is 2.84. The molecule has 0 aliphatic rings. The summed E-state index contributed by atoms with van der Waals surface area (Å²) in [7, 11) is 4.36. The summed E-state index contributed by atoms with van der Waals surface area (Å²) in [6, 6.07) is 8.18. The van der Waals surface area contributed by atoms with Crippen molar-refractivity contribution in [3.63, 3.8) is 0 Å². The summed E-state index contributed by atoms with van der Waals surface area (Å²) in [5.41, 5.74) is 1.87. The zero-order valence-corrected chi connectivity index (χ0v) is 15.6. The Balaban J connectivity index is 2.81. The minimum atomic E-state index is -0.379. The predicted octanol–water partition coefficient (Wildman–Crippen LogP) is 4.67. The van der Waals surface area contributed by atoms with Gasteiger partial charge in [0.15, 0.2) is 0 Å². The van der Waals surface area contributed by atoms with Crippen LogP contribution in [0.4, 0.5) is 11.4 Å².